The van der Waals surface area contributed by atoms with Crippen molar-refractivity contribution in [1.82, 2.24) is 0 Å². The monoisotopic (exact) mass is 1050 g/mol. The first kappa shape index (κ1) is 52.4. The Morgan fingerprint density at radius 2 is 1.37 bits per heavy atom. The van der Waals surface area contributed by atoms with Crippen LogP contribution in [0.5, 0.6) is 0 Å². The van der Waals surface area contributed by atoms with Crippen molar-refractivity contribution in [3.63, 3.8) is 0 Å². The third-order valence-electron chi connectivity index (χ3n) is 19.6. The number of rotatable bonds is 12. The van der Waals surface area contributed by atoms with Crippen molar-refractivity contribution in [2.45, 2.75) is 109 Å². The lowest BCUT2D eigenvalue weighted by atomic mass is 9.65. The molecule has 4 bridgehead atoms. The largest absolute Gasteiger partial charge is 0.340 e. The molecule has 7 aliphatic carbocycles. The minimum absolute atomic E-state index is 0.0858. The van der Waals surface area contributed by atoms with E-state index in [9.17, 15) is 0 Å². The molecule has 0 N–H and O–H groups in total. The van der Waals surface area contributed by atoms with E-state index in [4.69, 9.17) is 6.58 Å². The van der Waals surface area contributed by atoms with E-state index in [-0.39, 0.29) is 35.1 Å². The number of anilines is 1. The SMILES string of the molecule is C=C/C=C(/C)c1ccccc1/C(C)=C\C=C\N(c1ccc2c(c1)C(C)(C)c1cc(C(C3=CCC4/C=C\C5CC=C/C(=C/C=C3C4)C5)C(C=C)C3C=Cc4cccc5cccc3c45)ccc1-2)C1C=Cc2ccc3c(c2C1C)C(C)CC=C3. The Kier molecular flexibility index (Phi) is 13.9. The molecular weight excluding hydrogens is 975 g/mol. The summed E-state index contributed by atoms with van der Waals surface area (Å²) in [4.78, 5) is 2.57. The summed E-state index contributed by atoms with van der Waals surface area (Å²) < 4.78 is 0. The predicted molar refractivity (Wildman–Crippen MR) is 349 cm³/mol. The Morgan fingerprint density at radius 1 is 0.654 bits per heavy atom. The fourth-order valence-electron chi connectivity index (χ4n) is 15.4. The number of nitrogens with zero attached hydrogens (tertiary/aromatic N) is 1. The first-order valence-corrected chi connectivity index (χ1v) is 30.1. The molecule has 0 saturated carbocycles. The second kappa shape index (κ2) is 21.5. The zero-order valence-corrected chi connectivity index (χ0v) is 48.4. The fraction of sp³-hybridized carbons (Fsp3) is 0.250. The van der Waals surface area contributed by atoms with Crippen LogP contribution in [0.4, 0.5) is 5.69 Å². The van der Waals surface area contributed by atoms with E-state index in [1.807, 2.05) is 6.08 Å². The molecule has 7 aliphatic rings. The van der Waals surface area contributed by atoms with E-state index in [1.165, 1.54) is 117 Å². The molecule has 0 aromatic heterocycles. The van der Waals surface area contributed by atoms with Crippen molar-refractivity contribution in [3.8, 4) is 11.1 Å². The molecule has 1 heteroatoms. The molecule has 6 aromatic carbocycles. The number of hydrogen-bond donors (Lipinski definition) is 0. The highest BCUT2D eigenvalue weighted by Crippen LogP contribution is 2.55. The molecule has 0 spiro atoms. The molecule has 0 aliphatic heterocycles. The predicted octanol–water partition coefficient (Wildman–Crippen LogP) is 21.3. The molecular formula is C80H77N. The van der Waals surface area contributed by atoms with Gasteiger partial charge in [-0.05, 0) is 199 Å². The van der Waals surface area contributed by atoms with Crippen molar-refractivity contribution in [1.29, 1.82) is 0 Å². The van der Waals surface area contributed by atoms with Crippen LogP contribution in [0.15, 0.2) is 236 Å². The van der Waals surface area contributed by atoms with E-state index in [2.05, 4.69) is 272 Å². The summed E-state index contributed by atoms with van der Waals surface area (Å²) in [6.45, 7) is 23.0. The van der Waals surface area contributed by atoms with Gasteiger partial charge < -0.3 is 4.90 Å². The van der Waals surface area contributed by atoms with Gasteiger partial charge >= 0.3 is 0 Å². The number of fused-ring (bicyclic) bond motifs is 10. The van der Waals surface area contributed by atoms with Crippen LogP contribution in [0.1, 0.15) is 159 Å². The van der Waals surface area contributed by atoms with Crippen LogP contribution in [-0.4, -0.2) is 6.04 Å². The van der Waals surface area contributed by atoms with Gasteiger partial charge in [0.05, 0.1) is 6.04 Å². The van der Waals surface area contributed by atoms with E-state index in [1.54, 1.807) is 0 Å². The number of allylic oxidation sites excluding steroid dienone is 19. The van der Waals surface area contributed by atoms with E-state index in [0.29, 0.717) is 17.8 Å². The highest BCUT2D eigenvalue weighted by Gasteiger charge is 2.41. The smallest absolute Gasteiger partial charge is 0.0585 e. The molecule has 6 aromatic rings. The zero-order valence-electron chi connectivity index (χ0n) is 48.4. The molecule has 8 atom stereocenters. The minimum Gasteiger partial charge on any atom is -0.340 e. The third kappa shape index (κ3) is 9.37. The Balaban J connectivity index is 0.915. The summed E-state index contributed by atoms with van der Waals surface area (Å²) >= 11 is 0. The first-order chi connectivity index (χ1) is 39.5. The molecule has 13 rings (SSSR count). The highest BCUT2D eigenvalue weighted by molar-refractivity contribution is 5.96. The van der Waals surface area contributed by atoms with Crippen molar-refractivity contribution in [2.75, 3.05) is 4.90 Å². The molecule has 1 nitrogen and oxygen atoms in total. The third-order valence-corrected chi connectivity index (χ3v) is 19.6. The van der Waals surface area contributed by atoms with Crippen molar-refractivity contribution in [2.24, 2.45) is 17.8 Å². The lowest BCUT2D eigenvalue weighted by Gasteiger charge is -2.39. The van der Waals surface area contributed by atoms with Crippen LogP contribution in [0, 0.1) is 17.8 Å². The van der Waals surface area contributed by atoms with Crippen molar-refractivity contribution >= 4 is 45.8 Å². The van der Waals surface area contributed by atoms with Gasteiger partial charge in [0.25, 0.3) is 0 Å². The van der Waals surface area contributed by atoms with Gasteiger partial charge in [-0.25, -0.2) is 0 Å². The second-order valence-electron chi connectivity index (χ2n) is 24.9. The molecule has 0 heterocycles. The van der Waals surface area contributed by atoms with Gasteiger partial charge in [0, 0.05) is 35.1 Å². The van der Waals surface area contributed by atoms with Crippen LogP contribution in [0.3, 0.4) is 0 Å². The van der Waals surface area contributed by atoms with Crippen LogP contribution in [0.2, 0.25) is 0 Å². The van der Waals surface area contributed by atoms with Crippen molar-refractivity contribution < 1.29 is 0 Å². The lowest BCUT2D eigenvalue weighted by molar-refractivity contribution is 0.498. The summed E-state index contributed by atoms with van der Waals surface area (Å²) in [6, 6.07) is 42.1. The Hall–Kier alpha value is -8.00. The fourth-order valence-corrected chi connectivity index (χ4v) is 15.4. The zero-order chi connectivity index (χ0) is 55.5. The summed E-state index contributed by atoms with van der Waals surface area (Å²) in [7, 11) is 0. The van der Waals surface area contributed by atoms with Crippen LogP contribution in [0.25, 0.3) is 51.3 Å². The van der Waals surface area contributed by atoms with Crippen molar-refractivity contribution in [3.05, 3.63) is 298 Å². The van der Waals surface area contributed by atoms with Gasteiger partial charge in [-0.15, -0.1) is 6.58 Å². The maximum Gasteiger partial charge on any atom is 0.0585 e. The van der Waals surface area contributed by atoms with Gasteiger partial charge in [0.15, 0.2) is 0 Å². The van der Waals surface area contributed by atoms with Crippen LogP contribution in [-0.2, 0) is 5.41 Å². The average molecular weight is 1050 g/mol. The first-order valence-electron chi connectivity index (χ1n) is 30.1. The molecule has 0 fully saturated rings. The van der Waals surface area contributed by atoms with E-state index < -0.39 is 0 Å². The maximum atomic E-state index is 4.74. The summed E-state index contributed by atoms with van der Waals surface area (Å²) in [5.41, 5.74) is 25.5. The summed E-state index contributed by atoms with van der Waals surface area (Å²) in [5, 5.41) is 2.69. The Morgan fingerprint density at radius 3 is 2.16 bits per heavy atom. The number of hydrogen-bond acceptors (Lipinski definition) is 1. The Labute approximate surface area is 483 Å². The lowest BCUT2D eigenvalue weighted by Crippen LogP contribution is -2.36. The van der Waals surface area contributed by atoms with Gasteiger partial charge in [0.1, 0.15) is 0 Å². The van der Waals surface area contributed by atoms with Crippen LogP contribution < -0.4 is 4.90 Å². The van der Waals surface area contributed by atoms with Gasteiger partial charge in [-0.2, -0.15) is 0 Å². The highest BCUT2D eigenvalue weighted by atomic mass is 15.1. The maximum absolute atomic E-state index is 4.74. The molecule has 8 unspecified atom stereocenters. The second-order valence-corrected chi connectivity index (χ2v) is 24.9. The molecule has 0 saturated heterocycles. The number of benzene rings is 6. The summed E-state index contributed by atoms with van der Waals surface area (Å²) in [5.74, 6) is 2.16. The van der Waals surface area contributed by atoms with E-state index in [0.717, 1.165) is 32.1 Å². The standard InChI is InChI=1S/C80H77N/c1-9-18-51(3)66-27-11-12-28-67(66)52(4)20-17-46-81(75-45-39-61-36-35-59-23-13-19-53(5)76(59)77(61)54(75)6)64-40-44-71-70-43-38-63(49-73(70)80(7,8)74(71)50-64)79(65(10-2)69-42-37-60-25-15-24-58-26-16-29-72(69)78(58)60)68-41-33-57-31-30-55-21-14-22-56(47-55)32-34-62(68)48-57/h9-18,20,22-32,34-46,49-50,53-55,57,65,69,75,79H,1-2,19,21,33,47-48H2,3-8H3/b31-30-,46-17+,51-18-,52-20-,56-32-,62-34?. The topological polar surface area (TPSA) is 3.24 Å². The van der Waals surface area contributed by atoms with E-state index >= 15 is 0 Å². The quantitative estimate of drug-likeness (QED) is 0.0872. The van der Waals surface area contributed by atoms with Crippen LogP contribution >= 0.6 is 0 Å². The van der Waals surface area contributed by atoms with Gasteiger partial charge in [0.2, 0.25) is 0 Å². The molecule has 402 valence electrons. The molecule has 0 radical (unpaired) electrons. The van der Waals surface area contributed by atoms with Gasteiger partial charge in [-0.3, -0.25) is 0 Å². The summed E-state index contributed by atoms with van der Waals surface area (Å²) in [6.07, 6.45) is 50.5. The minimum atomic E-state index is -0.269. The normalized spacial score (nSPS) is 24.6. The van der Waals surface area contributed by atoms with Gasteiger partial charge in [-0.1, -0.05) is 235 Å². The molecule has 81 heavy (non-hydrogen) atoms. The Bertz CT molecular complexity index is 3900. The average Bonchev–Trinajstić information content (AvgIpc) is 3.85. The molecule has 0 amide bonds.